The van der Waals surface area contributed by atoms with Gasteiger partial charge in [-0.2, -0.15) is 4.99 Å². The molecule has 0 spiro atoms. The molecule has 37 heavy (non-hydrogen) atoms. The fourth-order valence-corrected chi connectivity index (χ4v) is 3.28. The number of aromatic hydroxyl groups is 2. The maximum atomic E-state index is 11.0. The van der Waals surface area contributed by atoms with Crippen LogP contribution in [0.5, 0.6) is 11.5 Å². The van der Waals surface area contributed by atoms with Gasteiger partial charge in [-0.25, -0.2) is 4.79 Å². The summed E-state index contributed by atoms with van der Waals surface area (Å²) in [6.07, 6.45) is 1.35. The van der Waals surface area contributed by atoms with E-state index < -0.39 is 11.7 Å². The zero-order valence-electron chi connectivity index (χ0n) is 24.3. The van der Waals surface area contributed by atoms with Gasteiger partial charge in [0.05, 0.1) is 10.7 Å². The Balaban J connectivity index is 0.000000590. The number of aliphatic imine (C=N–C) groups is 1. The molecule has 7 nitrogen and oxygen atoms in total. The lowest BCUT2D eigenvalue weighted by Crippen LogP contribution is -2.22. The van der Waals surface area contributed by atoms with Crippen LogP contribution in [-0.2, 0) is 10.2 Å². The van der Waals surface area contributed by atoms with E-state index in [1.54, 1.807) is 31.2 Å². The monoisotopic (exact) mass is 533 g/mol. The average Bonchev–Trinajstić information content (AvgIpc) is 2.81. The number of nitrogens with zero attached hydrogens (tertiary/aromatic N) is 2. The number of rotatable bonds is 5. The molecule has 0 bridgehead atoms. The maximum absolute atomic E-state index is 11.0. The van der Waals surface area contributed by atoms with Crippen LogP contribution in [-0.4, -0.2) is 57.7 Å². The van der Waals surface area contributed by atoms with Crippen LogP contribution in [0, 0.1) is 0 Å². The summed E-state index contributed by atoms with van der Waals surface area (Å²) in [6, 6.07) is 12.4. The number of carbonyl (C=O) groups excluding carboxylic acids is 1. The van der Waals surface area contributed by atoms with Crippen LogP contribution in [0.1, 0.15) is 73.4 Å². The minimum atomic E-state index is -0.519. The van der Waals surface area contributed by atoms with Crippen molar-refractivity contribution < 1.29 is 19.7 Å². The second kappa shape index (κ2) is 16.2. The van der Waals surface area contributed by atoms with Crippen molar-refractivity contribution in [1.82, 2.24) is 4.90 Å². The van der Waals surface area contributed by atoms with Crippen LogP contribution >= 0.6 is 11.8 Å². The number of carbonyl (C=O) groups is 1. The largest absolute Gasteiger partial charge is 0.508 e. The molecule has 2 aromatic carbocycles. The molecule has 1 amide bonds. The van der Waals surface area contributed by atoms with Crippen LogP contribution in [0.15, 0.2) is 47.5 Å². The van der Waals surface area contributed by atoms with E-state index in [9.17, 15) is 15.0 Å². The van der Waals surface area contributed by atoms with Crippen molar-refractivity contribution in [2.75, 3.05) is 31.6 Å². The molecule has 0 atom stereocenters. The lowest BCUT2D eigenvalue weighted by molar-refractivity contribution is 0.0605. The first kappa shape index (κ1) is 34.3. The molecule has 0 radical (unpaired) electrons. The van der Waals surface area contributed by atoms with Crippen LogP contribution in [0.4, 0.5) is 10.5 Å². The SMILES string of the molecule is CC(C)(c1ccc(O)cc1)c1ccc(O)c(N)c1.CCN(CC)CC.CSC(C)=NC(=O)OC(C)(C)C. The van der Waals surface area contributed by atoms with Gasteiger partial charge in [0.25, 0.3) is 0 Å². The second-order valence-corrected chi connectivity index (χ2v) is 10.9. The number of thioether (sulfide) groups is 1. The Morgan fingerprint density at radius 2 is 1.43 bits per heavy atom. The number of nitrogen functional groups attached to an aromatic ring is 1. The molecular formula is C29H47N3O4S. The highest BCUT2D eigenvalue weighted by atomic mass is 32.2. The second-order valence-electron chi connectivity index (χ2n) is 9.88. The predicted molar refractivity (Wildman–Crippen MR) is 159 cm³/mol. The molecule has 0 aliphatic rings. The normalized spacial score (nSPS) is 11.7. The number of benzene rings is 2. The number of ether oxygens (including phenoxy) is 1. The number of nitrogens with two attached hydrogens (primary N) is 1. The summed E-state index contributed by atoms with van der Waals surface area (Å²) < 4.78 is 4.97. The summed E-state index contributed by atoms with van der Waals surface area (Å²) in [5.74, 6) is 0.347. The number of hydrogen-bond acceptors (Lipinski definition) is 7. The average molecular weight is 534 g/mol. The van der Waals surface area contributed by atoms with E-state index in [0.29, 0.717) is 10.7 Å². The van der Waals surface area contributed by atoms with Crippen molar-refractivity contribution in [3.8, 4) is 11.5 Å². The predicted octanol–water partition coefficient (Wildman–Crippen LogP) is 7.06. The summed E-state index contributed by atoms with van der Waals surface area (Å²) in [6.45, 7) is 21.5. The highest BCUT2D eigenvalue weighted by Crippen LogP contribution is 2.35. The van der Waals surface area contributed by atoms with Gasteiger partial charge < -0.3 is 25.6 Å². The van der Waals surface area contributed by atoms with E-state index >= 15 is 0 Å². The molecule has 0 saturated heterocycles. The molecule has 2 aromatic rings. The van der Waals surface area contributed by atoms with E-state index in [0.717, 1.165) is 11.1 Å². The first-order chi connectivity index (χ1) is 17.1. The first-order valence-corrected chi connectivity index (χ1v) is 13.8. The summed E-state index contributed by atoms with van der Waals surface area (Å²) in [7, 11) is 0. The number of phenols is 2. The number of amides is 1. The minimum Gasteiger partial charge on any atom is -0.508 e. The Morgan fingerprint density at radius 3 is 1.81 bits per heavy atom. The molecule has 208 valence electrons. The molecule has 0 unspecified atom stereocenters. The zero-order chi connectivity index (χ0) is 28.8. The van der Waals surface area contributed by atoms with Crippen molar-refractivity contribution >= 4 is 28.6 Å². The Hall–Kier alpha value is -2.71. The smallest absolute Gasteiger partial charge is 0.434 e. The van der Waals surface area contributed by atoms with Crippen molar-refractivity contribution in [3.05, 3.63) is 53.6 Å². The molecule has 0 fully saturated rings. The van der Waals surface area contributed by atoms with Gasteiger partial charge in [-0.05, 0) is 89.0 Å². The van der Waals surface area contributed by atoms with Crippen LogP contribution in [0.3, 0.4) is 0 Å². The Bertz CT molecular complexity index is 974. The minimum absolute atomic E-state index is 0.0975. The molecule has 4 N–H and O–H groups in total. The fourth-order valence-electron chi connectivity index (χ4n) is 3.12. The molecule has 0 aromatic heterocycles. The van der Waals surface area contributed by atoms with Crippen molar-refractivity contribution in [3.63, 3.8) is 0 Å². The first-order valence-electron chi connectivity index (χ1n) is 12.5. The number of anilines is 1. The lowest BCUT2D eigenvalue weighted by Gasteiger charge is -2.26. The quantitative estimate of drug-likeness (QED) is 0.163. The Morgan fingerprint density at radius 1 is 0.946 bits per heavy atom. The third-order valence-electron chi connectivity index (χ3n) is 5.62. The number of hydrogen-bond donors (Lipinski definition) is 3. The third kappa shape index (κ3) is 13.4. The number of phenolic OH excluding ortho intramolecular Hbond substituents is 2. The molecule has 0 heterocycles. The van der Waals surface area contributed by atoms with Gasteiger partial charge >= 0.3 is 6.09 Å². The van der Waals surface area contributed by atoms with E-state index in [2.05, 4.69) is 44.5 Å². The zero-order valence-corrected chi connectivity index (χ0v) is 25.1. The van der Waals surface area contributed by atoms with Gasteiger partial charge in [-0.1, -0.05) is 52.8 Å². The third-order valence-corrected chi connectivity index (χ3v) is 6.30. The van der Waals surface area contributed by atoms with Crippen molar-refractivity contribution in [2.45, 2.75) is 73.3 Å². The van der Waals surface area contributed by atoms with Gasteiger partial charge in [-0.15, -0.1) is 11.8 Å². The molecular weight excluding hydrogens is 486 g/mol. The van der Waals surface area contributed by atoms with Gasteiger partial charge in [0.1, 0.15) is 17.1 Å². The van der Waals surface area contributed by atoms with Crippen LogP contribution in [0.25, 0.3) is 0 Å². The topological polar surface area (TPSA) is 108 Å². The van der Waals surface area contributed by atoms with Gasteiger partial charge in [0.15, 0.2) is 0 Å². The Kier molecular flexibility index (Phi) is 15.0. The molecule has 0 aliphatic carbocycles. The molecule has 2 rings (SSSR count). The van der Waals surface area contributed by atoms with Crippen LogP contribution < -0.4 is 5.73 Å². The van der Waals surface area contributed by atoms with Crippen LogP contribution in [0.2, 0.25) is 0 Å². The molecule has 0 saturated carbocycles. The highest BCUT2D eigenvalue weighted by molar-refractivity contribution is 8.13. The summed E-state index contributed by atoms with van der Waals surface area (Å²) in [5.41, 5.74) is 7.50. The standard InChI is InChI=1S/C15H17NO2.C8H15NO2S.C6H15N/c1-15(2,10-3-6-12(17)7-4-10)11-5-8-14(18)13(16)9-11;1-6(12-5)9-7(10)11-8(2,3)4;1-4-7(5-2)6-3/h3-9,17-18H,16H2,1-2H3;1-5H3;4-6H2,1-3H3. The highest BCUT2D eigenvalue weighted by Gasteiger charge is 2.23. The maximum Gasteiger partial charge on any atom is 0.434 e. The lowest BCUT2D eigenvalue weighted by atomic mass is 9.78. The van der Waals surface area contributed by atoms with E-state index in [-0.39, 0.29) is 16.9 Å². The molecule has 0 aliphatic heterocycles. The Labute approximate surface area is 228 Å². The summed E-state index contributed by atoms with van der Waals surface area (Å²) in [4.78, 5) is 17.1. The van der Waals surface area contributed by atoms with Gasteiger partial charge in [0, 0.05) is 5.41 Å². The van der Waals surface area contributed by atoms with Gasteiger partial charge in [-0.3, -0.25) is 0 Å². The molecule has 8 heteroatoms. The van der Waals surface area contributed by atoms with E-state index in [1.807, 2.05) is 45.2 Å². The van der Waals surface area contributed by atoms with Gasteiger partial charge in [0.2, 0.25) is 0 Å². The summed E-state index contributed by atoms with van der Waals surface area (Å²) in [5, 5.41) is 19.5. The van der Waals surface area contributed by atoms with E-state index in [1.165, 1.54) is 31.4 Å². The van der Waals surface area contributed by atoms with Crippen molar-refractivity contribution in [2.24, 2.45) is 4.99 Å². The van der Waals surface area contributed by atoms with Crippen molar-refractivity contribution in [1.29, 1.82) is 0 Å². The van der Waals surface area contributed by atoms with E-state index in [4.69, 9.17) is 10.5 Å². The fraction of sp³-hybridized carbons (Fsp3) is 0.517. The summed E-state index contributed by atoms with van der Waals surface area (Å²) >= 11 is 1.43.